The lowest BCUT2D eigenvalue weighted by Crippen LogP contribution is -2.23. The molecule has 94 valence electrons. The maximum atomic E-state index is 12.9. The average Bonchev–Trinajstić information content (AvgIpc) is 3.02. The third-order valence-electron chi connectivity index (χ3n) is 3.28. The molecule has 1 aliphatic rings. The van der Waals surface area contributed by atoms with Crippen molar-refractivity contribution in [3.8, 4) is 11.3 Å². The van der Waals surface area contributed by atoms with E-state index in [-0.39, 0.29) is 5.82 Å². The van der Waals surface area contributed by atoms with Crippen molar-refractivity contribution in [2.45, 2.75) is 25.3 Å². The van der Waals surface area contributed by atoms with E-state index in [9.17, 15) is 4.39 Å². The molecule has 2 nitrogen and oxygen atoms in total. The van der Waals surface area contributed by atoms with Gasteiger partial charge in [0.25, 0.3) is 0 Å². The molecule has 0 aliphatic carbocycles. The van der Waals surface area contributed by atoms with E-state index >= 15 is 0 Å². The molecule has 1 aromatic carbocycles. The molecule has 0 spiro atoms. The first-order valence-corrected chi connectivity index (χ1v) is 7.13. The number of hydrogen-bond donors (Lipinski definition) is 1. The lowest BCUT2D eigenvalue weighted by atomic mass is 10.1. The van der Waals surface area contributed by atoms with Gasteiger partial charge in [-0.2, -0.15) is 0 Å². The van der Waals surface area contributed by atoms with Crippen LogP contribution in [-0.2, 0) is 6.42 Å². The van der Waals surface area contributed by atoms with E-state index in [1.165, 1.54) is 25.0 Å². The molecule has 0 saturated carbocycles. The zero-order chi connectivity index (χ0) is 12.4. The molecule has 3 rings (SSSR count). The zero-order valence-electron chi connectivity index (χ0n) is 10.0. The van der Waals surface area contributed by atoms with E-state index in [0.717, 1.165) is 29.2 Å². The number of rotatable bonds is 3. The van der Waals surface area contributed by atoms with Gasteiger partial charge in [0, 0.05) is 23.4 Å². The summed E-state index contributed by atoms with van der Waals surface area (Å²) in [7, 11) is 0. The van der Waals surface area contributed by atoms with Crippen LogP contribution in [0.25, 0.3) is 11.3 Å². The second-order valence-corrected chi connectivity index (χ2v) is 5.57. The maximum Gasteiger partial charge on any atom is 0.123 e. The van der Waals surface area contributed by atoms with Crippen LogP contribution in [0, 0.1) is 5.82 Å². The van der Waals surface area contributed by atoms with Crippen LogP contribution in [0.3, 0.4) is 0 Å². The Morgan fingerprint density at radius 3 is 2.89 bits per heavy atom. The predicted molar refractivity (Wildman–Crippen MR) is 72.2 cm³/mol. The van der Waals surface area contributed by atoms with Gasteiger partial charge in [-0.25, -0.2) is 9.37 Å². The Hall–Kier alpha value is -1.26. The summed E-state index contributed by atoms with van der Waals surface area (Å²) < 4.78 is 12.9. The highest BCUT2D eigenvalue weighted by Gasteiger charge is 2.16. The SMILES string of the molecule is Fc1ccc(-c2csc(CC3CCCN3)n2)cc1. The molecule has 0 radical (unpaired) electrons. The number of nitrogens with zero attached hydrogens (tertiary/aromatic N) is 1. The Labute approximate surface area is 110 Å². The molecule has 1 aliphatic heterocycles. The second-order valence-electron chi connectivity index (χ2n) is 4.63. The number of aromatic nitrogens is 1. The molecule has 0 amide bonds. The molecule has 2 aromatic rings. The number of halogens is 1. The van der Waals surface area contributed by atoms with Crippen molar-refractivity contribution < 1.29 is 4.39 Å². The normalized spacial score (nSPS) is 19.3. The molecule has 18 heavy (non-hydrogen) atoms. The third-order valence-corrected chi connectivity index (χ3v) is 4.15. The lowest BCUT2D eigenvalue weighted by Gasteiger charge is -2.06. The molecular formula is C14H15FN2S. The van der Waals surface area contributed by atoms with Crippen molar-refractivity contribution in [2.75, 3.05) is 6.54 Å². The van der Waals surface area contributed by atoms with Gasteiger partial charge in [0.15, 0.2) is 0 Å². The molecule has 4 heteroatoms. The second kappa shape index (κ2) is 5.16. The molecular weight excluding hydrogens is 247 g/mol. The standard InChI is InChI=1S/C14H15FN2S/c15-11-5-3-10(4-6-11)13-9-18-14(17-13)8-12-2-1-7-16-12/h3-6,9,12,16H,1-2,7-8H2. The van der Waals surface area contributed by atoms with Crippen LogP contribution in [0.2, 0.25) is 0 Å². The predicted octanol–water partition coefficient (Wildman–Crippen LogP) is 3.24. The number of nitrogens with one attached hydrogen (secondary N) is 1. The number of hydrogen-bond acceptors (Lipinski definition) is 3. The highest BCUT2D eigenvalue weighted by atomic mass is 32.1. The smallest absolute Gasteiger partial charge is 0.123 e. The summed E-state index contributed by atoms with van der Waals surface area (Å²) in [5.74, 6) is -0.204. The third kappa shape index (κ3) is 2.60. The summed E-state index contributed by atoms with van der Waals surface area (Å²) in [6.07, 6.45) is 3.51. The quantitative estimate of drug-likeness (QED) is 0.918. The lowest BCUT2D eigenvalue weighted by molar-refractivity contribution is 0.601. The van der Waals surface area contributed by atoms with Crippen molar-refractivity contribution in [1.29, 1.82) is 0 Å². The maximum absolute atomic E-state index is 12.9. The molecule has 1 aromatic heterocycles. The van der Waals surface area contributed by atoms with Gasteiger partial charge in [0.2, 0.25) is 0 Å². The first-order valence-electron chi connectivity index (χ1n) is 6.25. The summed E-state index contributed by atoms with van der Waals surface area (Å²) >= 11 is 1.69. The van der Waals surface area contributed by atoms with Crippen molar-refractivity contribution in [2.24, 2.45) is 0 Å². The van der Waals surface area contributed by atoms with Crippen molar-refractivity contribution in [1.82, 2.24) is 10.3 Å². The summed E-state index contributed by atoms with van der Waals surface area (Å²) in [5, 5.41) is 6.69. The monoisotopic (exact) mass is 262 g/mol. The highest BCUT2D eigenvalue weighted by Crippen LogP contribution is 2.23. The van der Waals surface area contributed by atoms with Gasteiger partial charge in [0.05, 0.1) is 10.7 Å². The van der Waals surface area contributed by atoms with Crippen molar-refractivity contribution >= 4 is 11.3 Å². The van der Waals surface area contributed by atoms with Gasteiger partial charge in [-0.05, 0) is 43.7 Å². The van der Waals surface area contributed by atoms with E-state index in [1.54, 1.807) is 23.5 Å². The van der Waals surface area contributed by atoms with Gasteiger partial charge in [-0.1, -0.05) is 0 Å². The summed E-state index contributed by atoms with van der Waals surface area (Å²) in [5.41, 5.74) is 1.94. The molecule has 1 fully saturated rings. The van der Waals surface area contributed by atoms with Crippen LogP contribution in [0.4, 0.5) is 4.39 Å². The van der Waals surface area contributed by atoms with E-state index < -0.39 is 0 Å². The van der Waals surface area contributed by atoms with Crippen LogP contribution < -0.4 is 5.32 Å². The van der Waals surface area contributed by atoms with Crippen LogP contribution in [0.1, 0.15) is 17.8 Å². The fourth-order valence-electron chi connectivity index (χ4n) is 2.30. The van der Waals surface area contributed by atoms with Gasteiger partial charge >= 0.3 is 0 Å². The Kier molecular flexibility index (Phi) is 3.39. The van der Waals surface area contributed by atoms with Crippen LogP contribution in [0.15, 0.2) is 29.6 Å². The number of benzene rings is 1. The van der Waals surface area contributed by atoms with Gasteiger partial charge in [-0.3, -0.25) is 0 Å². The first kappa shape index (κ1) is 11.8. The molecule has 1 saturated heterocycles. The molecule has 1 unspecified atom stereocenters. The van der Waals surface area contributed by atoms with Crippen LogP contribution in [0.5, 0.6) is 0 Å². The molecule has 1 atom stereocenters. The first-order chi connectivity index (χ1) is 8.81. The van der Waals surface area contributed by atoms with Crippen molar-refractivity contribution in [3.05, 3.63) is 40.5 Å². The minimum Gasteiger partial charge on any atom is -0.314 e. The molecule has 0 bridgehead atoms. The van der Waals surface area contributed by atoms with E-state index in [4.69, 9.17) is 0 Å². The fraction of sp³-hybridized carbons (Fsp3) is 0.357. The topological polar surface area (TPSA) is 24.9 Å². The zero-order valence-corrected chi connectivity index (χ0v) is 10.8. The summed E-state index contributed by atoms with van der Waals surface area (Å²) in [6, 6.07) is 7.10. The molecule has 2 heterocycles. The van der Waals surface area contributed by atoms with E-state index in [0.29, 0.717) is 6.04 Å². The Balaban J connectivity index is 1.74. The molecule has 1 N–H and O–H groups in total. The summed E-state index contributed by atoms with van der Waals surface area (Å²) in [4.78, 5) is 4.63. The highest BCUT2D eigenvalue weighted by molar-refractivity contribution is 7.09. The minimum atomic E-state index is -0.204. The largest absolute Gasteiger partial charge is 0.314 e. The minimum absolute atomic E-state index is 0.204. The average molecular weight is 262 g/mol. The van der Waals surface area contributed by atoms with E-state index in [1.807, 2.05) is 0 Å². The van der Waals surface area contributed by atoms with Crippen LogP contribution in [-0.4, -0.2) is 17.6 Å². The summed E-state index contributed by atoms with van der Waals surface area (Å²) in [6.45, 7) is 1.13. The van der Waals surface area contributed by atoms with Gasteiger partial charge in [0.1, 0.15) is 5.82 Å². The Morgan fingerprint density at radius 2 is 2.17 bits per heavy atom. The van der Waals surface area contributed by atoms with Gasteiger partial charge < -0.3 is 5.32 Å². The number of thiazole rings is 1. The van der Waals surface area contributed by atoms with Gasteiger partial charge in [-0.15, -0.1) is 11.3 Å². The van der Waals surface area contributed by atoms with E-state index in [2.05, 4.69) is 15.7 Å². The van der Waals surface area contributed by atoms with Crippen molar-refractivity contribution in [3.63, 3.8) is 0 Å². The fourth-order valence-corrected chi connectivity index (χ4v) is 3.18. The Bertz CT molecular complexity index is 515. The van der Waals surface area contributed by atoms with Crippen LogP contribution >= 0.6 is 11.3 Å². The Morgan fingerprint density at radius 1 is 1.33 bits per heavy atom.